The van der Waals surface area contributed by atoms with E-state index in [1.165, 1.54) is 10.5 Å². The van der Waals surface area contributed by atoms with Crippen LogP contribution in [-0.2, 0) is 34.1 Å². The highest BCUT2D eigenvalue weighted by atomic mass is 32.2. The summed E-state index contributed by atoms with van der Waals surface area (Å²) in [5.41, 5.74) is 5.41. The molecule has 186 valence electrons. The highest BCUT2D eigenvalue weighted by molar-refractivity contribution is 7.92. The van der Waals surface area contributed by atoms with Crippen molar-refractivity contribution in [2.45, 2.75) is 37.4 Å². The fourth-order valence-corrected chi connectivity index (χ4v) is 6.26. The Hall–Kier alpha value is -3.40. The van der Waals surface area contributed by atoms with Crippen LogP contribution in [0, 0.1) is 11.7 Å². The van der Waals surface area contributed by atoms with Gasteiger partial charge in [-0.1, -0.05) is 72.9 Å². The van der Waals surface area contributed by atoms with Crippen molar-refractivity contribution in [3.63, 3.8) is 0 Å². The fourth-order valence-electron chi connectivity index (χ4n) is 3.65. The van der Waals surface area contributed by atoms with Crippen LogP contribution in [-0.4, -0.2) is 27.1 Å². The Balaban J connectivity index is 1.41. The van der Waals surface area contributed by atoms with Gasteiger partial charge in [-0.2, -0.15) is 0 Å². The topological polar surface area (TPSA) is 99.0 Å². The lowest BCUT2D eigenvalue weighted by Gasteiger charge is -2.14. The average Bonchev–Trinajstić information content (AvgIpc) is 3.30. The van der Waals surface area contributed by atoms with Crippen molar-refractivity contribution in [1.29, 1.82) is 4.78 Å². The van der Waals surface area contributed by atoms with Crippen molar-refractivity contribution in [1.82, 2.24) is 14.7 Å². The number of rotatable bonds is 9. The Kier molecular flexibility index (Phi) is 7.93. The molecule has 0 aliphatic carbocycles. The van der Waals surface area contributed by atoms with Crippen LogP contribution in [0.4, 0.5) is 5.13 Å². The Morgan fingerprint density at radius 3 is 2.33 bits per heavy atom. The molecule has 1 amide bonds. The van der Waals surface area contributed by atoms with Crippen molar-refractivity contribution in [3.8, 4) is 11.3 Å². The first kappa shape index (κ1) is 25.7. The maximum absolute atomic E-state index is 13.2. The van der Waals surface area contributed by atoms with E-state index in [2.05, 4.69) is 21.6 Å². The van der Waals surface area contributed by atoms with E-state index in [4.69, 9.17) is 4.78 Å². The number of carbonyl (C=O) groups is 1. The van der Waals surface area contributed by atoms with Gasteiger partial charge in [0.2, 0.25) is 5.91 Å². The van der Waals surface area contributed by atoms with Crippen LogP contribution in [0.25, 0.3) is 11.3 Å². The zero-order valence-corrected chi connectivity index (χ0v) is 22.2. The smallest absolute Gasteiger partial charge is 0.232 e. The number of aromatic nitrogens is 2. The molecule has 1 unspecified atom stereocenters. The van der Waals surface area contributed by atoms with E-state index in [1.54, 1.807) is 20.2 Å². The Bertz CT molecular complexity index is 1430. The third-order valence-electron chi connectivity index (χ3n) is 5.85. The molecule has 0 aliphatic heterocycles. The zero-order chi connectivity index (χ0) is 25.7. The van der Waals surface area contributed by atoms with Crippen LogP contribution in [0.5, 0.6) is 0 Å². The molecule has 2 heterocycles. The zero-order valence-electron chi connectivity index (χ0n) is 20.5. The molecule has 1 atom stereocenters. The molecule has 0 bridgehead atoms. The Labute approximate surface area is 216 Å². The summed E-state index contributed by atoms with van der Waals surface area (Å²) in [5.74, 6) is -0.138. The molecule has 2 aromatic carbocycles. The minimum Gasteiger partial charge on any atom is -0.291 e. The van der Waals surface area contributed by atoms with Gasteiger partial charge in [0.25, 0.3) is 0 Å². The average molecular weight is 520 g/mol. The summed E-state index contributed by atoms with van der Waals surface area (Å²) >= 11 is 1.11. The summed E-state index contributed by atoms with van der Waals surface area (Å²) in [6, 6.07) is 21.5. The maximum atomic E-state index is 13.2. The SMILES string of the molecule is CCc1ccc(CNS(=N)(=O)c2sc(N(C)C(=O)Cc3ccc(-c4ccccn4)cc3)nc2C)cc1. The van der Waals surface area contributed by atoms with Crippen LogP contribution in [0.2, 0.25) is 0 Å². The number of hydrogen-bond acceptors (Lipinski definition) is 6. The van der Waals surface area contributed by atoms with Crippen LogP contribution in [0.15, 0.2) is 77.1 Å². The van der Waals surface area contributed by atoms with Crippen LogP contribution in [0.3, 0.4) is 0 Å². The van der Waals surface area contributed by atoms with Gasteiger partial charge >= 0.3 is 0 Å². The second-order valence-electron chi connectivity index (χ2n) is 8.46. The molecule has 0 saturated carbocycles. The maximum Gasteiger partial charge on any atom is 0.232 e. The van der Waals surface area contributed by atoms with Crippen molar-refractivity contribution < 1.29 is 9.00 Å². The van der Waals surface area contributed by atoms with Crippen molar-refractivity contribution in [2.24, 2.45) is 0 Å². The number of likely N-dealkylation sites (N-methyl/N-ethyl adjacent to an activating group) is 1. The van der Waals surface area contributed by atoms with Crippen LogP contribution < -0.4 is 9.62 Å². The molecule has 0 radical (unpaired) electrons. The van der Waals surface area contributed by atoms with Gasteiger partial charge < -0.3 is 0 Å². The normalized spacial score (nSPS) is 12.8. The predicted molar refractivity (Wildman–Crippen MR) is 145 cm³/mol. The first-order valence-electron chi connectivity index (χ1n) is 11.6. The number of benzene rings is 2. The molecular formula is C27H29N5O2S2. The molecule has 0 fully saturated rings. The Morgan fingerprint density at radius 1 is 1.03 bits per heavy atom. The number of hydrogen-bond donors (Lipinski definition) is 2. The number of anilines is 1. The highest BCUT2D eigenvalue weighted by Crippen LogP contribution is 2.30. The number of amides is 1. The number of carbonyl (C=O) groups excluding carboxylic acids is 1. The number of aryl methyl sites for hydroxylation is 2. The molecule has 0 spiro atoms. The second-order valence-corrected chi connectivity index (χ2v) is 11.5. The fraction of sp³-hybridized carbons (Fsp3) is 0.222. The lowest BCUT2D eigenvalue weighted by molar-refractivity contribution is -0.117. The van der Waals surface area contributed by atoms with Gasteiger partial charge in [0.05, 0.1) is 17.8 Å². The van der Waals surface area contributed by atoms with Crippen molar-refractivity contribution in [3.05, 3.63) is 95.3 Å². The van der Waals surface area contributed by atoms with Gasteiger partial charge in [-0.05, 0) is 42.2 Å². The molecule has 0 aliphatic rings. The summed E-state index contributed by atoms with van der Waals surface area (Å²) < 4.78 is 24.8. The number of nitrogens with zero attached hydrogens (tertiary/aromatic N) is 3. The molecule has 36 heavy (non-hydrogen) atoms. The summed E-state index contributed by atoms with van der Waals surface area (Å²) in [6.45, 7) is 4.12. The first-order valence-corrected chi connectivity index (χ1v) is 14.0. The van der Waals surface area contributed by atoms with E-state index in [9.17, 15) is 9.00 Å². The van der Waals surface area contributed by atoms with Gasteiger partial charge in [0.1, 0.15) is 14.1 Å². The van der Waals surface area contributed by atoms with Gasteiger partial charge in [-0.25, -0.2) is 18.7 Å². The lowest BCUT2D eigenvalue weighted by Crippen LogP contribution is -2.27. The van der Waals surface area contributed by atoms with Gasteiger partial charge in [0.15, 0.2) is 5.13 Å². The quantitative estimate of drug-likeness (QED) is 0.310. The number of pyridine rings is 1. The first-order chi connectivity index (χ1) is 17.3. The lowest BCUT2D eigenvalue weighted by atomic mass is 10.1. The third kappa shape index (κ3) is 6.04. The minimum absolute atomic E-state index is 0.138. The third-order valence-corrected chi connectivity index (χ3v) is 9.20. The molecule has 7 nitrogen and oxygen atoms in total. The summed E-state index contributed by atoms with van der Waals surface area (Å²) in [4.78, 5) is 23.2. The molecule has 2 aromatic heterocycles. The van der Waals surface area contributed by atoms with Crippen molar-refractivity contribution >= 4 is 32.3 Å². The van der Waals surface area contributed by atoms with E-state index in [-0.39, 0.29) is 12.3 Å². The molecule has 4 aromatic rings. The standard InChI is InChI=1S/C27H29N5O2S2/c1-4-20-8-10-22(11-9-20)18-30-36(28,34)26-19(2)31-27(35-26)32(3)25(33)17-21-12-14-23(15-13-21)24-7-5-6-16-29-24/h5-16H,4,17-18H2,1-3H3,(H2,28,30,34). The van der Waals surface area contributed by atoms with Crippen LogP contribution in [0.1, 0.15) is 29.3 Å². The van der Waals surface area contributed by atoms with E-state index >= 15 is 0 Å². The summed E-state index contributed by atoms with van der Waals surface area (Å²) in [6.07, 6.45) is 2.91. The molecule has 0 saturated heterocycles. The monoisotopic (exact) mass is 519 g/mol. The molecular weight excluding hydrogens is 490 g/mol. The Morgan fingerprint density at radius 2 is 1.69 bits per heavy atom. The molecule has 9 heteroatoms. The van der Waals surface area contributed by atoms with E-state index in [1.807, 2.05) is 66.7 Å². The predicted octanol–water partition coefficient (Wildman–Crippen LogP) is 5.39. The molecule has 2 N–H and O–H groups in total. The van der Waals surface area contributed by atoms with E-state index < -0.39 is 9.92 Å². The van der Waals surface area contributed by atoms with Gasteiger partial charge in [-0.15, -0.1) is 0 Å². The number of thiazole rings is 1. The largest absolute Gasteiger partial charge is 0.291 e. The number of nitrogens with one attached hydrogen (secondary N) is 2. The molecule has 4 rings (SSSR count). The van der Waals surface area contributed by atoms with Crippen LogP contribution >= 0.6 is 11.3 Å². The van der Waals surface area contributed by atoms with E-state index in [0.717, 1.165) is 40.1 Å². The second kappa shape index (κ2) is 11.1. The summed E-state index contributed by atoms with van der Waals surface area (Å²) in [7, 11) is -1.62. The van der Waals surface area contributed by atoms with Crippen molar-refractivity contribution in [2.75, 3.05) is 11.9 Å². The highest BCUT2D eigenvalue weighted by Gasteiger charge is 2.22. The summed E-state index contributed by atoms with van der Waals surface area (Å²) in [5, 5.41) is 0.423. The minimum atomic E-state index is -3.27. The van der Waals surface area contributed by atoms with Gasteiger partial charge in [0, 0.05) is 25.4 Å². The van der Waals surface area contributed by atoms with Gasteiger partial charge in [-0.3, -0.25) is 14.7 Å². The van der Waals surface area contributed by atoms with E-state index in [0.29, 0.717) is 21.6 Å².